The van der Waals surface area contributed by atoms with E-state index in [-0.39, 0.29) is 5.38 Å². The first-order chi connectivity index (χ1) is 8.25. The summed E-state index contributed by atoms with van der Waals surface area (Å²) in [5.74, 6) is 0.919. The third kappa shape index (κ3) is 2.05. The highest BCUT2D eigenvalue weighted by Gasteiger charge is 2.23. The van der Waals surface area contributed by atoms with Crippen LogP contribution >= 0.6 is 34.5 Å². The lowest BCUT2D eigenvalue weighted by Crippen LogP contribution is -1.95. The minimum Gasteiger partial charge on any atom is -0.493 e. The van der Waals surface area contributed by atoms with E-state index in [1.807, 2.05) is 29.6 Å². The zero-order valence-electron chi connectivity index (χ0n) is 8.95. The SMILES string of the molecule is Clc1cc2c(c(C(Cl)c3cccs3)c1)OCC2. The van der Waals surface area contributed by atoms with Crippen LogP contribution in [0.4, 0.5) is 0 Å². The van der Waals surface area contributed by atoms with E-state index in [0.29, 0.717) is 0 Å². The van der Waals surface area contributed by atoms with Crippen molar-refractivity contribution in [3.8, 4) is 5.75 Å². The van der Waals surface area contributed by atoms with Crippen LogP contribution in [0.1, 0.15) is 21.4 Å². The Morgan fingerprint density at radius 3 is 3.00 bits per heavy atom. The van der Waals surface area contributed by atoms with E-state index in [4.69, 9.17) is 27.9 Å². The Labute approximate surface area is 114 Å². The summed E-state index contributed by atoms with van der Waals surface area (Å²) in [4.78, 5) is 1.12. The first kappa shape index (κ1) is 11.4. The molecule has 17 heavy (non-hydrogen) atoms. The molecular formula is C13H10Cl2OS. The molecule has 0 radical (unpaired) electrons. The number of halogens is 2. The van der Waals surface area contributed by atoms with Gasteiger partial charge in [-0.3, -0.25) is 0 Å². The summed E-state index contributed by atoms with van der Waals surface area (Å²) in [7, 11) is 0. The van der Waals surface area contributed by atoms with Gasteiger partial charge in [-0.25, -0.2) is 0 Å². The van der Waals surface area contributed by atoms with Crippen molar-refractivity contribution in [2.24, 2.45) is 0 Å². The molecule has 1 atom stereocenters. The van der Waals surface area contributed by atoms with Crippen LogP contribution in [0.25, 0.3) is 0 Å². The molecule has 0 saturated carbocycles. The minimum absolute atomic E-state index is 0.180. The van der Waals surface area contributed by atoms with Crippen molar-refractivity contribution >= 4 is 34.5 Å². The third-order valence-corrected chi connectivity index (χ3v) is 4.60. The predicted molar refractivity (Wildman–Crippen MR) is 72.7 cm³/mol. The second kappa shape index (κ2) is 4.52. The van der Waals surface area contributed by atoms with Crippen molar-refractivity contribution in [2.75, 3.05) is 6.61 Å². The van der Waals surface area contributed by atoms with Crippen molar-refractivity contribution in [1.82, 2.24) is 0 Å². The summed E-state index contributed by atoms with van der Waals surface area (Å²) in [6, 6.07) is 7.90. The van der Waals surface area contributed by atoms with E-state index in [9.17, 15) is 0 Å². The lowest BCUT2D eigenvalue weighted by Gasteiger charge is -2.13. The first-order valence-electron chi connectivity index (χ1n) is 5.38. The minimum atomic E-state index is -0.180. The van der Waals surface area contributed by atoms with Crippen LogP contribution in [0.5, 0.6) is 5.75 Å². The maximum absolute atomic E-state index is 6.50. The van der Waals surface area contributed by atoms with Crippen LogP contribution in [0.2, 0.25) is 5.02 Å². The van der Waals surface area contributed by atoms with E-state index in [2.05, 4.69) is 0 Å². The maximum atomic E-state index is 6.50. The van der Waals surface area contributed by atoms with E-state index in [0.717, 1.165) is 39.8 Å². The molecule has 0 spiro atoms. The highest BCUT2D eigenvalue weighted by atomic mass is 35.5. The number of hydrogen-bond acceptors (Lipinski definition) is 2. The van der Waals surface area contributed by atoms with Crippen LogP contribution < -0.4 is 4.74 Å². The Kier molecular flexibility index (Phi) is 3.03. The summed E-state index contributed by atoms with van der Waals surface area (Å²) in [6.07, 6.45) is 0.914. The first-order valence-corrected chi connectivity index (χ1v) is 7.07. The van der Waals surface area contributed by atoms with E-state index in [1.165, 1.54) is 0 Å². The molecule has 0 saturated heterocycles. The van der Waals surface area contributed by atoms with Gasteiger partial charge in [-0.05, 0) is 29.1 Å². The molecule has 2 aromatic rings. The van der Waals surface area contributed by atoms with Gasteiger partial charge in [-0.2, -0.15) is 0 Å². The molecule has 1 unspecified atom stereocenters. The van der Waals surface area contributed by atoms with Gasteiger partial charge in [0.1, 0.15) is 5.75 Å². The Bertz CT molecular complexity index is 537. The molecule has 0 aliphatic carbocycles. The molecule has 1 aliphatic heterocycles. The van der Waals surface area contributed by atoms with Crippen LogP contribution in [-0.4, -0.2) is 6.61 Å². The van der Waals surface area contributed by atoms with Gasteiger partial charge in [-0.15, -0.1) is 22.9 Å². The van der Waals surface area contributed by atoms with Crippen LogP contribution in [0.3, 0.4) is 0 Å². The Balaban J connectivity index is 2.09. The standard InChI is InChI=1S/C13H10Cl2OS/c14-9-6-8-3-4-16-13(8)10(7-9)12(15)11-2-1-5-17-11/h1-2,5-7,12H,3-4H2. The number of fused-ring (bicyclic) bond motifs is 1. The van der Waals surface area contributed by atoms with Crippen molar-refractivity contribution in [3.05, 3.63) is 50.7 Å². The molecule has 0 bridgehead atoms. The van der Waals surface area contributed by atoms with Gasteiger partial charge < -0.3 is 4.74 Å². The fraction of sp³-hybridized carbons (Fsp3) is 0.231. The van der Waals surface area contributed by atoms with Crippen LogP contribution in [0, 0.1) is 0 Å². The number of alkyl halides is 1. The molecule has 1 aliphatic rings. The van der Waals surface area contributed by atoms with Crippen molar-refractivity contribution in [2.45, 2.75) is 11.8 Å². The van der Waals surface area contributed by atoms with Gasteiger partial charge in [0.05, 0.1) is 12.0 Å². The van der Waals surface area contributed by atoms with Gasteiger partial charge >= 0.3 is 0 Å². The zero-order valence-corrected chi connectivity index (χ0v) is 11.3. The lowest BCUT2D eigenvalue weighted by atomic mass is 10.0. The molecule has 1 aromatic carbocycles. The summed E-state index contributed by atoms with van der Waals surface area (Å²) >= 11 is 14.3. The van der Waals surface area contributed by atoms with Gasteiger partial charge in [-0.1, -0.05) is 17.7 Å². The molecule has 0 amide bonds. The van der Waals surface area contributed by atoms with Gasteiger partial charge in [0.2, 0.25) is 0 Å². The zero-order chi connectivity index (χ0) is 11.8. The summed E-state index contributed by atoms with van der Waals surface area (Å²) in [5.41, 5.74) is 2.14. The van der Waals surface area contributed by atoms with E-state index in [1.54, 1.807) is 11.3 Å². The smallest absolute Gasteiger partial charge is 0.127 e. The average Bonchev–Trinajstić information content (AvgIpc) is 2.97. The van der Waals surface area contributed by atoms with Crippen molar-refractivity contribution < 1.29 is 4.74 Å². The van der Waals surface area contributed by atoms with Gasteiger partial charge in [0, 0.05) is 21.9 Å². The predicted octanol–water partition coefficient (Wildman–Crippen LogP) is 4.66. The average molecular weight is 285 g/mol. The third-order valence-electron chi connectivity index (χ3n) is 2.84. The number of rotatable bonds is 2. The largest absolute Gasteiger partial charge is 0.493 e. The highest BCUT2D eigenvalue weighted by Crippen LogP contribution is 2.42. The molecular weight excluding hydrogens is 275 g/mol. The number of thiophene rings is 1. The van der Waals surface area contributed by atoms with Gasteiger partial charge in [0.15, 0.2) is 0 Å². The molecule has 1 aromatic heterocycles. The summed E-state index contributed by atoms with van der Waals surface area (Å²) in [6.45, 7) is 0.719. The van der Waals surface area contributed by atoms with Crippen LogP contribution in [-0.2, 0) is 6.42 Å². The second-order valence-electron chi connectivity index (χ2n) is 3.96. The number of benzene rings is 1. The topological polar surface area (TPSA) is 9.23 Å². The Hall–Kier alpha value is -0.700. The van der Waals surface area contributed by atoms with Gasteiger partial charge in [0.25, 0.3) is 0 Å². The Morgan fingerprint density at radius 1 is 1.35 bits per heavy atom. The van der Waals surface area contributed by atoms with Crippen molar-refractivity contribution in [3.63, 3.8) is 0 Å². The fourth-order valence-corrected chi connectivity index (χ4v) is 3.43. The van der Waals surface area contributed by atoms with E-state index >= 15 is 0 Å². The highest BCUT2D eigenvalue weighted by molar-refractivity contribution is 7.10. The van der Waals surface area contributed by atoms with E-state index < -0.39 is 0 Å². The molecule has 1 nitrogen and oxygen atoms in total. The van der Waals surface area contributed by atoms with Crippen molar-refractivity contribution in [1.29, 1.82) is 0 Å². The fourth-order valence-electron chi connectivity index (χ4n) is 2.07. The summed E-state index contributed by atoms with van der Waals surface area (Å²) < 4.78 is 5.67. The molecule has 3 rings (SSSR count). The molecule has 2 heterocycles. The molecule has 4 heteroatoms. The Morgan fingerprint density at radius 2 is 2.24 bits per heavy atom. The second-order valence-corrected chi connectivity index (χ2v) is 5.81. The molecule has 88 valence electrons. The number of hydrogen-bond donors (Lipinski definition) is 0. The lowest BCUT2D eigenvalue weighted by molar-refractivity contribution is 0.354. The quantitative estimate of drug-likeness (QED) is 0.729. The van der Waals surface area contributed by atoms with Crippen LogP contribution in [0.15, 0.2) is 29.6 Å². The maximum Gasteiger partial charge on any atom is 0.127 e. The summed E-state index contributed by atoms with van der Waals surface area (Å²) in [5, 5.41) is 2.57. The number of ether oxygens (including phenoxy) is 1. The molecule has 0 N–H and O–H groups in total. The molecule has 0 fully saturated rings. The monoisotopic (exact) mass is 284 g/mol. The normalized spacial score (nSPS) is 15.4.